The number of aliphatic hydroxyl groups excluding tert-OH is 1. The number of hydrogen-bond acceptors (Lipinski definition) is 8. The summed E-state index contributed by atoms with van der Waals surface area (Å²) in [6, 6.07) is 0. The maximum absolute atomic E-state index is 13.1. The van der Waals surface area contributed by atoms with E-state index in [0.29, 0.717) is 30.9 Å². The average Bonchev–Trinajstić information content (AvgIpc) is 3.91. The minimum absolute atomic E-state index is 0.00369. The van der Waals surface area contributed by atoms with Gasteiger partial charge in [-0.1, -0.05) is 78.6 Å². The molecule has 292 valence electrons. The lowest BCUT2D eigenvalue weighted by Crippen LogP contribution is -2.16. The second kappa shape index (κ2) is 17.8. The van der Waals surface area contributed by atoms with Crippen LogP contribution in [0.15, 0.2) is 119 Å². The summed E-state index contributed by atoms with van der Waals surface area (Å²) in [4.78, 5) is 40.0. The number of carboxylic acids is 1. The number of esters is 1. The van der Waals surface area contributed by atoms with E-state index in [2.05, 4.69) is 33.0 Å². The zero-order valence-electron chi connectivity index (χ0n) is 33.6. The van der Waals surface area contributed by atoms with Crippen LogP contribution in [0.25, 0.3) is 0 Å². The fourth-order valence-electron chi connectivity index (χ4n) is 8.61. The molecule has 6 aliphatic rings. The Bertz CT molecular complexity index is 2000. The standard InChI is InChI=1S/C46H58N4O5/c1-7-9-10-11-12-13-14-15-16-17-22-55-43(54)21-19-33-29(5)37-24-35-28(4)32(18-20-42(52)53)40(48-35)25-36-27(3)31(8-2)39(47-36)26-38-30(6)44-41(51)23-34(45(33)49-37)46(44)50-38/h18,20,24-26,29,33,49,51H,7-17,19,21-23H2,1-6H3,(H,52,53)/b20-18+,37-24?,39-26?,40-25?,45-34?/t29-,33-/m0/s1. The number of aliphatic hydroxyl groups is 1. The van der Waals surface area contributed by atoms with Gasteiger partial charge in [-0.05, 0) is 86.6 Å². The number of carboxylic acid groups (broad SMARTS) is 1. The Morgan fingerprint density at radius 3 is 2.24 bits per heavy atom. The summed E-state index contributed by atoms with van der Waals surface area (Å²) in [5, 5.41) is 24.6. The van der Waals surface area contributed by atoms with Crippen molar-refractivity contribution in [1.29, 1.82) is 0 Å². The van der Waals surface area contributed by atoms with E-state index in [0.717, 1.165) is 104 Å². The van der Waals surface area contributed by atoms with Gasteiger partial charge in [-0.15, -0.1) is 0 Å². The molecule has 5 aliphatic heterocycles. The molecule has 0 saturated carbocycles. The van der Waals surface area contributed by atoms with Crippen LogP contribution in [0.2, 0.25) is 0 Å². The van der Waals surface area contributed by atoms with Gasteiger partial charge in [0.25, 0.3) is 0 Å². The lowest BCUT2D eigenvalue weighted by atomic mass is 9.86. The second-order valence-corrected chi connectivity index (χ2v) is 15.6. The molecule has 1 aliphatic carbocycles. The maximum Gasteiger partial charge on any atom is 0.328 e. The van der Waals surface area contributed by atoms with Gasteiger partial charge >= 0.3 is 11.9 Å². The Kier molecular flexibility index (Phi) is 12.9. The molecule has 0 amide bonds. The number of aliphatic carboxylic acids is 1. The number of nitrogens with one attached hydrogen (secondary N) is 1. The molecule has 1 fully saturated rings. The summed E-state index contributed by atoms with van der Waals surface area (Å²) in [5.41, 5.74) is 12.8. The molecule has 2 atom stereocenters. The lowest BCUT2D eigenvalue weighted by molar-refractivity contribution is -0.144. The number of unbranched alkanes of at least 4 members (excludes halogenated alkanes) is 9. The number of hydrogen-bond donors (Lipinski definition) is 3. The molecule has 0 aromatic heterocycles. The van der Waals surface area contributed by atoms with Crippen molar-refractivity contribution < 1.29 is 24.5 Å². The molecular formula is C46H58N4O5. The number of aliphatic imine (C=N–C) groups is 3. The van der Waals surface area contributed by atoms with Gasteiger partial charge in [-0.2, -0.15) is 0 Å². The summed E-state index contributed by atoms with van der Waals surface area (Å²) in [5.74, 6) is -0.968. The first-order valence-electron chi connectivity index (χ1n) is 20.6. The van der Waals surface area contributed by atoms with Crippen molar-refractivity contribution >= 4 is 29.1 Å². The van der Waals surface area contributed by atoms with Crippen LogP contribution in [0.4, 0.5) is 0 Å². The van der Waals surface area contributed by atoms with E-state index in [9.17, 15) is 19.8 Å². The number of carbonyl (C=O) groups is 2. The minimum atomic E-state index is -1.03. The monoisotopic (exact) mass is 746 g/mol. The zero-order valence-corrected chi connectivity index (χ0v) is 33.6. The highest BCUT2D eigenvalue weighted by Crippen LogP contribution is 2.46. The van der Waals surface area contributed by atoms with E-state index >= 15 is 0 Å². The van der Waals surface area contributed by atoms with Gasteiger partial charge in [0.15, 0.2) is 0 Å². The third-order valence-corrected chi connectivity index (χ3v) is 11.9. The average molecular weight is 747 g/mol. The Morgan fingerprint density at radius 1 is 0.873 bits per heavy atom. The van der Waals surface area contributed by atoms with Crippen LogP contribution in [0.5, 0.6) is 0 Å². The summed E-state index contributed by atoms with van der Waals surface area (Å²) in [7, 11) is 0. The van der Waals surface area contributed by atoms with Gasteiger partial charge in [-0.3, -0.25) is 4.79 Å². The van der Waals surface area contributed by atoms with Crippen LogP contribution in [-0.2, 0) is 14.3 Å². The molecule has 9 nitrogen and oxygen atoms in total. The van der Waals surface area contributed by atoms with Gasteiger partial charge in [0.05, 0.1) is 40.8 Å². The first-order valence-corrected chi connectivity index (χ1v) is 20.6. The predicted octanol–water partition coefficient (Wildman–Crippen LogP) is 10.5. The van der Waals surface area contributed by atoms with Crippen LogP contribution >= 0.6 is 0 Å². The number of nitrogens with zero attached hydrogens (tertiary/aromatic N) is 3. The summed E-state index contributed by atoms with van der Waals surface area (Å²) in [6.07, 6.45) is 23.0. The van der Waals surface area contributed by atoms with Gasteiger partial charge in [-0.25, -0.2) is 19.8 Å². The normalized spacial score (nSPS) is 21.8. The van der Waals surface area contributed by atoms with Gasteiger partial charge < -0.3 is 20.3 Å². The molecular weight excluding hydrogens is 689 g/mol. The van der Waals surface area contributed by atoms with Gasteiger partial charge in [0, 0.05) is 58.9 Å². The Morgan fingerprint density at radius 2 is 1.55 bits per heavy atom. The van der Waals surface area contributed by atoms with Crippen molar-refractivity contribution in [3.05, 3.63) is 104 Å². The van der Waals surface area contributed by atoms with Gasteiger partial charge in [0.1, 0.15) is 5.76 Å². The molecule has 0 unspecified atom stereocenters. The molecule has 8 bridgehead atoms. The quantitative estimate of drug-likeness (QED) is 0.0771. The maximum atomic E-state index is 13.1. The minimum Gasteiger partial charge on any atom is -0.511 e. The number of fused-ring (bicyclic) bond motifs is 5. The summed E-state index contributed by atoms with van der Waals surface area (Å²) in [6.45, 7) is 13.0. The van der Waals surface area contributed by atoms with Crippen molar-refractivity contribution in [2.24, 2.45) is 26.8 Å². The van der Waals surface area contributed by atoms with Crippen molar-refractivity contribution in [2.75, 3.05) is 6.61 Å². The fourth-order valence-corrected chi connectivity index (χ4v) is 8.61. The van der Waals surface area contributed by atoms with E-state index in [4.69, 9.17) is 19.7 Å². The van der Waals surface area contributed by atoms with Crippen LogP contribution in [0, 0.1) is 11.8 Å². The molecule has 0 spiro atoms. The van der Waals surface area contributed by atoms with E-state index < -0.39 is 5.97 Å². The molecule has 0 aromatic carbocycles. The highest BCUT2D eigenvalue weighted by atomic mass is 16.5. The van der Waals surface area contributed by atoms with E-state index in [1.807, 2.05) is 32.1 Å². The number of ether oxygens (including phenoxy) is 1. The van der Waals surface area contributed by atoms with Gasteiger partial charge in [0.2, 0.25) is 0 Å². The molecule has 5 heterocycles. The number of allylic oxidation sites excluding steroid dienone is 12. The molecule has 9 heteroatoms. The van der Waals surface area contributed by atoms with Crippen molar-refractivity contribution in [3.63, 3.8) is 0 Å². The molecule has 55 heavy (non-hydrogen) atoms. The molecule has 0 radical (unpaired) electrons. The fraction of sp³-hybridized carbons (Fsp3) is 0.500. The number of rotatable bonds is 17. The van der Waals surface area contributed by atoms with E-state index in [-0.39, 0.29) is 24.2 Å². The first-order chi connectivity index (χ1) is 26.5. The zero-order chi connectivity index (χ0) is 39.2. The summed E-state index contributed by atoms with van der Waals surface area (Å²) >= 11 is 0. The highest BCUT2D eigenvalue weighted by Gasteiger charge is 2.41. The van der Waals surface area contributed by atoms with Crippen molar-refractivity contribution in [2.45, 2.75) is 131 Å². The lowest BCUT2D eigenvalue weighted by Gasteiger charge is -2.17. The van der Waals surface area contributed by atoms with Crippen LogP contribution < -0.4 is 5.32 Å². The van der Waals surface area contributed by atoms with Crippen LogP contribution in [0.3, 0.4) is 0 Å². The van der Waals surface area contributed by atoms with E-state index in [1.54, 1.807) is 6.08 Å². The van der Waals surface area contributed by atoms with Crippen molar-refractivity contribution in [1.82, 2.24) is 5.32 Å². The largest absolute Gasteiger partial charge is 0.511 e. The Hall–Kier alpha value is -4.79. The molecule has 1 saturated heterocycles. The van der Waals surface area contributed by atoms with Crippen molar-refractivity contribution in [3.8, 4) is 0 Å². The third kappa shape index (κ3) is 8.71. The first kappa shape index (κ1) is 39.9. The predicted molar refractivity (Wildman–Crippen MR) is 221 cm³/mol. The molecule has 0 aromatic rings. The SMILES string of the molecule is CCCCCCCCCCCCOC(=O)CC[C@@H]1C2=C3CC(O)=C4C3=NC(=C4C)C=C3N=C(C=C4N=C(C=C(N2)[C@H]1C)C(C)=C4/C=C/C(=O)O)C(C)=C3CC. The summed E-state index contributed by atoms with van der Waals surface area (Å²) < 4.78 is 5.72. The Balaban J connectivity index is 1.27. The molecule has 3 N–H and O–H groups in total. The number of carbonyl (C=O) groups excluding carboxylic acids is 1. The van der Waals surface area contributed by atoms with Crippen LogP contribution in [-0.4, -0.2) is 45.9 Å². The Labute approximate surface area is 326 Å². The topological polar surface area (TPSA) is 133 Å². The van der Waals surface area contributed by atoms with Crippen LogP contribution in [0.1, 0.15) is 131 Å². The molecule has 6 rings (SSSR count). The highest BCUT2D eigenvalue weighted by molar-refractivity contribution is 6.21. The smallest absolute Gasteiger partial charge is 0.328 e. The van der Waals surface area contributed by atoms with E-state index in [1.165, 1.54) is 51.4 Å². The second-order valence-electron chi connectivity index (χ2n) is 15.6. The third-order valence-electron chi connectivity index (χ3n) is 11.9.